The molecule has 0 radical (unpaired) electrons. The van der Waals surface area contributed by atoms with E-state index in [2.05, 4.69) is 37.8 Å². The lowest BCUT2D eigenvalue weighted by molar-refractivity contribution is 0.140. The fraction of sp³-hybridized carbons (Fsp3) is 0.625. The van der Waals surface area contributed by atoms with E-state index in [1.807, 2.05) is 20.0 Å². The Hall–Kier alpha value is -1.06. The zero-order valence-corrected chi connectivity index (χ0v) is 12.8. The highest BCUT2D eigenvalue weighted by atomic mass is 16.5. The molecule has 1 N–H and O–H groups in total. The van der Waals surface area contributed by atoms with Gasteiger partial charge in [0.1, 0.15) is 12.4 Å². The topological polar surface area (TPSA) is 32.7 Å². The molecular formula is C16H27NO2. The van der Waals surface area contributed by atoms with Crippen molar-refractivity contribution in [3.8, 4) is 5.75 Å². The maximum absolute atomic E-state index is 9.06. The number of hydrogen-bond donors (Lipinski definition) is 1. The van der Waals surface area contributed by atoms with Crippen molar-refractivity contribution in [2.45, 2.75) is 39.7 Å². The fourth-order valence-corrected chi connectivity index (χ4v) is 2.05. The smallest absolute Gasteiger partial charge is 0.119 e. The largest absolute Gasteiger partial charge is 0.492 e. The van der Waals surface area contributed by atoms with E-state index in [1.54, 1.807) is 0 Å². The number of aryl methyl sites for hydroxylation is 1. The van der Waals surface area contributed by atoms with Crippen LogP contribution >= 0.6 is 0 Å². The summed E-state index contributed by atoms with van der Waals surface area (Å²) >= 11 is 0. The molecule has 1 unspecified atom stereocenters. The summed E-state index contributed by atoms with van der Waals surface area (Å²) in [5.41, 5.74) is 2.66. The van der Waals surface area contributed by atoms with Crippen molar-refractivity contribution >= 4 is 0 Å². The summed E-state index contributed by atoms with van der Waals surface area (Å²) in [5, 5.41) is 9.06. The molecule has 1 aromatic rings. The van der Waals surface area contributed by atoms with Crippen LogP contribution in [0.1, 0.15) is 37.8 Å². The minimum Gasteiger partial charge on any atom is -0.492 e. The molecule has 0 aliphatic carbocycles. The molecule has 0 spiro atoms. The molecule has 0 aliphatic heterocycles. The molecule has 1 rings (SSSR count). The summed E-state index contributed by atoms with van der Waals surface area (Å²) in [4.78, 5) is 2.09. The van der Waals surface area contributed by atoms with Gasteiger partial charge in [-0.05, 0) is 50.1 Å². The quantitative estimate of drug-likeness (QED) is 0.823. The summed E-state index contributed by atoms with van der Waals surface area (Å²) in [5.74, 6) is 1.47. The molecule has 0 fully saturated rings. The van der Waals surface area contributed by atoms with E-state index in [9.17, 15) is 0 Å². The molecular weight excluding hydrogens is 238 g/mol. The van der Waals surface area contributed by atoms with Crippen LogP contribution in [-0.4, -0.2) is 42.9 Å². The fourth-order valence-electron chi connectivity index (χ4n) is 2.05. The van der Waals surface area contributed by atoms with Gasteiger partial charge in [0.15, 0.2) is 0 Å². The van der Waals surface area contributed by atoms with Crippen LogP contribution in [0.5, 0.6) is 5.75 Å². The molecule has 0 bridgehead atoms. The van der Waals surface area contributed by atoms with E-state index in [0.29, 0.717) is 12.5 Å². The maximum atomic E-state index is 9.06. The predicted octanol–water partition coefficient (Wildman–Crippen LogP) is 2.81. The van der Waals surface area contributed by atoms with Crippen molar-refractivity contribution in [3.63, 3.8) is 0 Å². The van der Waals surface area contributed by atoms with Crippen LogP contribution in [0.2, 0.25) is 0 Å². The van der Waals surface area contributed by atoms with Crippen molar-refractivity contribution in [1.82, 2.24) is 4.90 Å². The molecule has 3 nitrogen and oxygen atoms in total. The first-order valence-corrected chi connectivity index (χ1v) is 7.00. The summed E-state index contributed by atoms with van der Waals surface area (Å²) in [6.45, 7) is 10.2. The van der Waals surface area contributed by atoms with Gasteiger partial charge in [0.05, 0.1) is 6.61 Å². The Balaban J connectivity index is 2.48. The van der Waals surface area contributed by atoms with Gasteiger partial charge in [0, 0.05) is 12.6 Å². The number of benzene rings is 1. The summed E-state index contributed by atoms with van der Waals surface area (Å²) < 4.78 is 5.76. The van der Waals surface area contributed by atoms with E-state index >= 15 is 0 Å². The van der Waals surface area contributed by atoms with Crippen LogP contribution in [0, 0.1) is 6.92 Å². The zero-order chi connectivity index (χ0) is 14.4. The van der Waals surface area contributed by atoms with Crippen molar-refractivity contribution < 1.29 is 9.84 Å². The molecule has 19 heavy (non-hydrogen) atoms. The number of nitrogens with zero attached hydrogens (tertiary/aromatic N) is 1. The summed E-state index contributed by atoms with van der Waals surface area (Å²) in [7, 11) is 2.00. The lowest BCUT2D eigenvalue weighted by atomic mass is 9.98. The molecule has 0 saturated heterocycles. The van der Waals surface area contributed by atoms with Crippen molar-refractivity contribution in [1.29, 1.82) is 0 Å². The first kappa shape index (κ1) is 16.0. The van der Waals surface area contributed by atoms with Gasteiger partial charge in [0.2, 0.25) is 0 Å². The molecule has 108 valence electrons. The highest BCUT2D eigenvalue weighted by Gasteiger charge is 2.08. The second-order valence-corrected chi connectivity index (χ2v) is 5.53. The Morgan fingerprint density at radius 2 is 1.95 bits per heavy atom. The molecule has 1 aromatic carbocycles. The van der Waals surface area contributed by atoms with E-state index in [1.165, 1.54) is 11.1 Å². The zero-order valence-electron chi connectivity index (χ0n) is 12.8. The molecule has 1 atom stereocenters. The highest BCUT2D eigenvalue weighted by molar-refractivity contribution is 5.36. The van der Waals surface area contributed by atoms with E-state index in [4.69, 9.17) is 9.84 Å². The van der Waals surface area contributed by atoms with Crippen molar-refractivity contribution in [3.05, 3.63) is 29.3 Å². The minimum absolute atomic E-state index is 0.175. The summed E-state index contributed by atoms with van der Waals surface area (Å²) in [6.07, 6.45) is 0. The molecule has 0 aromatic heterocycles. The van der Waals surface area contributed by atoms with Gasteiger partial charge in [-0.15, -0.1) is 0 Å². The van der Waals surface area contributed by atoms with Gasteiger partial charge in [-0.3, -0.25) is 4.90 Å². The second kappa shape index (κ2) is 7.51. The van der Waals surface area contributed by atoms with Gasteiger partial charge in [-0.25, -0.2) is 0 Å². The van der Waals surface area contributed by atoms with Crippen LogP contribution < -0.4 is 4.74 Å². The van der Waals surface area contributed by atoms with Crippen LogP contribution in [0.3, 0.4) is 0 Å². The Kier molecular flexibility index (Phi) is 6.32. The number of aliphatic hydroxyl groups excluding tert-OH is 1. The van der Waals surface area contributed by atoms with Gasteiger partial charge < -0.3 is 9.84 Å². The van der Waals surface area contributed by atoms with Gasteiger partial charge in [-0.1, -0.05) is 19.9 Å². The third kappa shape index (κ3) is 4.84. The van der Waals surface area contributed by atoms with E-state index in [0.717, 1.165) is 12.3 Å². The Labute approximate surface area is 117 Å². The first-order chi connectivity index (χ1) is 8.95. The molecule has 0 aliphatic rings. The lowest BCUT2D eigenvalue weighted by Gasteiger charge is -2.22. The van der Waals surface area contributed by atoms with Gasteiger partial charge in [0.25, 0.3) is 0 Å². The van der Waals surface area contributed by atoms with Gasteiger partial charge in [-0.2, -0.15) is 0 Å². The number of likely N-dealkylation sites (N-methyl/N-ethyl adjacent to an activating group) is 1. The number of ether oxygens (including phenoxy) is 1. The monoisotopic (exact) mass is 265 g/mol. The first-order valence-electron chi connectivity index (χ1n) is 7.00. The van der Waals surface area contributed by atoms with Gasteiger partial charge >= 0.3 is 0 Å². The van der Waals surface area contributed by atoms with Crippen LogP contribution in [0.15, 0.2) is 18.2 Å². The number of rotatable bonds is 7. The Morgan fingerprint density at radius 3 is 2.47 bits per heavy atom. The number of hydrogen-bond acceptors (Lipinski definition) is 3. The average molecular weight is 265 g/mol. The molecule has 3 heteroatoms. The van der Waals surface area contributed by atoms with Crippen LogP contribution in [0.25, 0.3) is 0 Å². The maximum Gasteiger partial charge on any atom is 0.119 e. The molecule has 0 heterocycles. The minimum atomic E-state index is 0.175. The van der Waals surface area contributed by atoms with Crippen LogP contribution in [0.4, 0.5) is 0 Å². The average Bonchev–Trinajstić information content (AvgIpc) is 2.37. The van der Waals surface area contributed by atoms with Crippen LogP contribution in [-0.2, 0) is 0 Å². The third-order valence-corrected chi connectivity index (χ3v) is 3.59. The van der Waals surface area contributed by atoms with Crippen molar-refractivity contribution in [2.75, 3.05) is 26.8 Å². The number of aliphatic hydroxyl groups is 1. The standard InChI is InChI=1S/C16H27NO2/c1-12(2)16-7-6-15(10-13(16)3)19-9-8-17(5)14(4)11-18/h6-7,10,12,14,18H,8-9,11H2,1-5H3. The normalized spacial score (nSPS) is 13.1. The SMILES string of the molecule is Cc1cc(OCCN(C)C(C)CO)ccc1C(C)C. The third-order valence-electron chi connectivity index (χ3n) is 3.59. The highest BCUT2D eigenvalue weighted by Crippen LogP contribution is 2.23. The molecule has 0 saturated carbocycles. The van der Waals surface area contributed by atoms with Crippen molar-refractivity contribution in [2.24, 2.45) is 0 Å². The van der Waals surface area contributed by atoms with E-state index in [-0.39, 0.29) is 12.6 Å². The molecule has 0 amide bonds. The Morgan fingerprint density at radius 1 is 1.26 bits per heavy atom. The lowest BCUT2D eigenvalue weighted by Crippen LogP contribution is -2.35. The van der Waals surface area contributed by atoms with E-state index < -0.39 is 0 Å². The second-order valence-electron chi connectivity index (χ2n) is 5.53. The summed E-state index contributed by atoms with van der Waals surface area (Å²) in [6, 6.07) is 6.46. The Bertz CT molecular complexity index is 390. The predicted molar refractivity (Wildman–Crippen MR) is 79.9 cm³/mol.